The minimum absolute atomic E-state index is 0.0427. The number of nitrogens with one attached hydrogen (secondary N) is 1. The predicted octanol–water partition coefficient (Wildman–Crippen LogP) is 1.49. The fourth-order valence-corrected chi connectivity index (χ4v) is 1.44. The van der Waals surface area contributed by atoms with Gasteiger partial charge in [0.25, 0.3) is 0 Å². The van der Waals surface area contributed by atoms with E-state index in [1.807, 2.05) is 32.4 Å². The second kappa shape index (κ2) is 4.46. The molecule has 1 rings (SSSR count). The number of anilines is 1. The molecule has 0 amide bonds. The normalized spacial score (nSPS) is 12.9. The molecule has 0 bridgehead atoms. The monoisotopic (exact) mass is 197 g/mol. The van der Waals surface area contributed by atoms with Crippen LogP contribution in [0.4, 0.5) is 5.82 Å². The van der Waals surface area contributed by atoms with Gasteiger partial charge in [-0.3, -0.25) is 4.68 Å². The van der Waals surface area contributed by atoms with Crippen molar-refractivity contribution in [2.24, 2.45) is 0 Å². The fourth-order valence-electron chi connectivity index (χ4n) is 1.44. The lowest BCUT2D eigenvalue weighted by molar-refractivity contribution is 0.228. The van der Waals surface area contributed by atoms with E-state index >= 15 is 0 Å². The Bertz CT molecular complexity index is 307. The Morgan fingerprint density at radius 2 is 2.14 bits per heavy atom. The minimum Gasteiger partial charge on any atom is -0.394 e. The molecule has 0 spiro atoms. The van der Waals surface area contributed by atoms with Crippen LogP contribution in [0, 0.1) is 13.8 Å². The first kappa shape index (κ1) is 11.0. The first-order chi connectivity index (χ1) is 6.61. The molecule has 2 N–H and O–H groups in total. The van der Waals surface area contributed by atoms with Crippen LogP contribution in [-0.4, -0.2) is 28.0 Å². The van der Waals surface area contributed by atoms with Crippen LogP contribution in [0.1, 0.15) is 31.1 Å². The number of hydrogen-bond donors (Lipinski definition) is 2. The Morgan fingerprint density at radius 3 is 2.64 bits per heavy atom. The molecule has 14 heavy (non-hydrogen) atoms. The van der Waals surface area contributed by atoms with Gasteiger partial charge in [0, 0.05) is 17.8 Å². The summed E-state index contributed by atoms with van der Waals surface area (Å²) in [5.41, 5.74) is 2.27. The molecule has 0 aliphatic rings. The fraction of sp³-hybridized carbons (Fsp3) is 0.700. The van der Waals surface area contributed by atoms with Gasteiger partial charge in [0.05, 0.1) is 12.6 Å². The molecule has 0 saturated carbocycles. The zero-order valence-corrected chi connectivity index (χ0v) is 9.33. The molecule has 0 radical (unpaired) electrons. The van der Waals surface area contributed by atoms with E-state index in [0.29, 0.717) is 0 Å². The van der Waals surface area contributed by atoms with E-state index in [0.717, 1.165) is 23.6 Å². The van der Waals surface area contributed by atoms with Gasteiger partial charge >= 0.3 is 0 Å². The van der Waals surface area contributed by atoms with Gasteiger partial charge in [-0.25, -0.2) is 0 Å². The van der Waals surface area contributed by atoms with E-state index in [1.165, 1.54) is 0 Å². The average Bonchev–Trinajstić information content (AvgIpc) is 2.46. The van der Waals surface area contributed by atoms with Gasteiger partial charge in [0.15, 0.2) is 5.82 Å². The molecule has 80 valence electrons. The molecule has 0 saturated heterocycles. The van der Waals surface area contributed by atoms with Crippen molar-refractivity contribution in [1.29, 1.82) is 0 Å². The van der Waals surface area contributed by atoms with Gasteiger partial charge < -0.3 is 10.4 Å². The summed E-state index contributed by atoms with van der Waals surface area (Å²) in [6, 6.07) is 0.0427. The molecular formula is C10H19N3O. The number of nitrogens with zero attached hydrogens (tertiary/aromatic N) is 2. The van der Waals surface area contributed by atoms with Crippen molar-refractivity contribution in [2.75, 3.05) is 18.5 Å². The standard InChI is InChI=1S/C10H19N3O/c1-5-11-10-8(3)9(4)13(12-10)7(2)6-14/h7,14H,5-6H2,1-4H3,(H,11,12)/t7-/m0/s1. The van der Waals surface area contributed by atoms with Crippen molar-refractivity contribution < 1.29 is 5.11 Å². The SMILES string of the molecule is CCNc1nn([C@@H](C)CO)c(C)c1C. The van der Waals surface area contributed by atoms with Crippen molar-refractivity contribution in [2.45, 2.75) is 33.7 Å². The van der Waals surface area contributed by atoms with E-state index in [-0.39, 0.29) is 12.6 Å². The summed E-state index contributed by atoms with van der Waals surface area (Å²) in [6.07, 6.45) is 0. The largest absolute Gasteiger partial charge is 0.394 e. The molecule has 1 aromatic heterocycles. The molecule has 0 unspecified atom stereocenters. The van der Waals surface area contributed by atoms with Crippen LogP contribution in [0.2, 0.25) is 0 Å². The van der Waals surface area contributed by atoms with Crippen molar-refractivity contribution in [3.05, 3.63) is 11.3 Å². The zero-order valence-electron chi connectivity index (χ0n) is 9.33. The summed E-state index contributed by atoms with van der Waals surface area (Å²) in [4.78, 5) is 0. The van der Waals surface area contributed by atoms with Crippen molar-refractivity contribution in [1.82, 2.24) is 9.78 Å². The maximum atomic E-state index is 9.06. The highest BCUT2D eigenvalue weighted by Crippen LogP contribution is 2.20. The summed E-state index contributed by atoms with van der Waals surface area (Å²) in [6.45, 7) is 9.05. The average molecular weight is 197 g/mol. The summed E-state index contributed by atoms with van der Waals surface area (Å²) in [7, 11) is 0. The number of rotatable bonds is 4. The zero-order chi connectivity index (χ0) is 10.7. The highest BCUT2D eigenvalue weighted by molar-refractivity contribution is 5.45. The van der Waals surface area contributed by atoms with Crippen molar-refractivity contribution in [3.8, 4) is 0 Å². The number of aliphatic hydroxyl groups excluding tert-OH is 1. The molecule has 1 aromatic rings. The van der Waals surface area contributed by atoms with Crippen LogP contribution >= 0.6 is 0 Å². The highest BCUT2D eigenvalue weighted by atomic mass is 16.3. The van der Waals surface area contributed by atoms with E-state index in [9.17, 15) is 0 Å². The van der Waals surface area contributed by atoms with E-state index < -0.39 is 0 Å². The molecule has 1 heterocycles. The van der Waals surface area contributed by atoms with Crippen LogP contribution in [0.25, 0.3) is 0 Å². The Morgan fingerprint density at radius 1 is 1.50 bits per heavy atom. The van der Waals surface area contributed by atoms with Crippen LogP contribution in [0.5, 0.6) is 0 Å². The molecule has 4 nitrogen and oxygen atoms in total. The van der Waals surface area contributed by atoms with Gasteiger partial charge in [-0.05, 0) is 27.7 Å². The Kier molecular flexibility index (Phi) is 3.52. The summed E-state index contributed by atoms with van der Waals surface area (Å²) in [5.74, 6) is 0.922. The topological polar surface area (TPSA) is 50.1 Å². The van der Waals surface area contributed by atoms with Crippen molar-refractivity contribution in [3.63, 3.8) is 0 Å². The number of aromatic nitrogens is 2. The summed E-state index contributed by atoms with van der Waals surface area (Å²) in [5, 5.41) is 16.7. The minimum atomic E-state index is 0.0427. The summed E-state index contributed by atoms with van der Waals surface area (Å²) >= 11 is 0. The third kappa shape index (κ3) is 1.90. The Hall–Kier alpha value is -1.03. The highest BCUT2D eigenvalue weighted by Gasteiger charge is 2.13. The quantitative estimate of drug-likeness (QED) is 0.768. The molecule has 0 fully saturated rings. The molecule has 1 atom stereocenters. The summed E-state index contributed by atoms with van der Waals surface area (Å²) < 4.78 is 1.87. The van der Waals surface area contributed by atoms with E-state index in [2.05, 4.69) is 10.4 Å². The second-order valence-corrected chi connectivity index (χ2v) is 3.57. The van der Waals surface area contributed by atoms with Gasteiger partial charge in [-0.1, -0.05) is 0 Å². The molecule has 0 aliphatic carbocycles. The maximum Gasteiger partial charge on any atom is 0.151 e. The van der Waals surface area contributed by atoms with Crippen LogP contribution in [0.15, 0.2) is 0 Å². The molecule has 4 heteroatoms. The lowest BCUT2D eigenvalue weighted by Crippen LogP contribution is -2.12. The second-order valence-electron chi connectivity index (χ2n) is 3.57. The molecular weight excluding hydrogens is 178 g/mol. The van der Waals surface area contributed by atoms with Gasteiger partial charge in [-0.15, -0.1) is 0 Å². The third-order valence-corrected chi connectivity index (χ3v) is 2.48. The van der Waals surface area contributed by atoms with Gasteiger partial charge in [0.2, 0.25) is 0 Å². The van der Waals surface area contributed by atoms with E-state index in [4.69, 9.17) is 5.11 Å². The van der Waals surface area contributed by atoms with Crippen LogP contribution in [-0.2, 0) is 0 Å². The lowest BCUT2D eigenvalue weighted by Gasteiger charge is -2.10. The smallest absolute Gasteiger partial charge is 0.151 e. The molecule has 0 aromatic carbocycles. The van der Waals surface area contributed by atoms with Crippen molar-refractivity contribution >= 4 is 5.82 Å². The number of aliphatic hydroxyl groups is 1. The van der Waals surface area contributed by atoms with Crippen LogP contribution < -0.4 is 5.32 Å². The third-order valence-electron chi connectivity index (χ3n) is 2.48. The van der Waals surface area contributed by atoms with Crippen LogP contribution in [0.3, 0.4) is 0 Å². The van der Waals surface area contributed by atoms with Gasteiger partial charge in [0.1, 0.15) is 0 Å². The first-order valence-corrected chi connectivity index (χ1v) is 5.02. The first-order valence-electron chi connectivity index (χ1n) is 5.02. The lowest BCUT2D eigenvalue weighted by atomic mass is 10.2. The predicted molar refractivity (Wildman–Crippen MR) is 57.7 cm³/mol. The Balaban J connectivity index is 3.01. The van der Waals surface area contributed by atoms with E-state index in [1.54, 1.807) is 0 Å². The number of hydrogen-bond acceptors (Lipinski definition) is 3. The Labute approximate surface area is 84.9 Å². The van der Waals surface area contributed by atoms with Gasteiger partial charge in [-0.2, -0.15) is 5.10 Å². The molecule has 0 aliphatic heterocycles. The maximum absolute atomic E-state index is 9.06.